The molecule has 0 aromatic heterocycles. The molecule has 4 heteroatoms. The van der Waals surface area contributed by atoms with E-state index in [9.17, 15) is 4.79 Å². The predicted molar refractivity (Wildman–Crippen MR) is 50.7 cm³/mol. The highest BCUT2D eigenvalue weighted by Crippen LogP contribution is 2.04. The first-order chi connectivity index (χ1) is 5.83. The van der Waals surface area contributed by atoms with Crippen molar-refractivity contribution in [3.8, 4) is 0 Å². The number of anilines is 1. The number of rotatable bonds is 2. The minimum absolute atomic E-state index is 0. The lowest BCUT2D eigenvalue weighted by Gasteiger charge is -2.03. The lowest BCUT2D eigenvalue weighted by molar-refractivity contribution is 0.168. The van der Waals surface area contributed by atoms with Gasteiger partial charge in [0.2, 0.25) is 0 Å². The molecule has 0 aliphatic rings. The molecule has 0 unspecified atom stereocenters. The normalized spacial score (nSPS) is 8.38. The van der Waals surface area contributed by atoms with Gasteiger partial charge < -0.3 is 10.2 Å². The zero-order chi connectivity index (χ0) is 8.81. The number of nitrogens with one attached hydrogen (secondary N) is 1. The fourth-order valence-corrected chi connectivity index (χ4v) is 0.807. The van der Waals surface area contributed by atoms with Crippen LogP contribution in [0.15, 0.2) is 30.3 Å². The Morgan fingerprint density at radius 3 is 2.54 bits per heavy atom. The fraction of sp³-hybridized carbons (Fsp3) is 0.222. The Balaban J connectivity index is 0.00000144. The fourth-order valence-electron chi connectivity index (χ4n) is 0.807. The second-order valence-electron chi connectivity index (χ2n) is 2.21. The van der Waals surface area contributed by atoms with Crippen LogP contribution in [0.3, 0.4) is 0 Å². The van der Waals surface area contributed by atoms with Crippen LogP contribution in [0.2, 0.25) is 0 Å². The molecule has 72 valence electrons. The molecular weight excluding hydrogens is 170 g/mol. The number of benzene rings is 1. The molecule has 0 spiro atoms. The third-order valence-electron chi connectivity index (χ3n) is 1.30. The summed E-state index contributed by atoms with van der Waals surface area (Å²) in [7, 11) is 0. The van der Waals surface area contributed by atoms with E-state index in [-0.39, 0.29) is 5.48 Å². The van der Waals surface area contributed by atoms with E-state index in [0.29, 0.717) is 6.61 Å². The molecule has 1 amide bonds. The van der Waals surface area contributed by atoms with E-state index in [0.717, 1.165) is 5.69 Å². The van der Waals surface area contributed by atoms with Crippen molar-refractivity contribution in [3.05, 3.63) is 30.3 Å². The second-order valence-corrected chi connectivity index (χ2v) is 2.21. The number of hydrogen-bond donors (Lipinski definition) is 1. The van der Waals surface area contributed by atoms with Gasteiger partial charge in [0.15, 0.2) is 0 Å². The maximum absolute atomic E-state index is 10.9. The summed E-state index contributed by atoms with van der Waals surface area (Å²) >= 11 is 0. The number of carbonyl (C=O) groups excluding carboxylic acids is 1. The number of carbonyl (C=O) groups is 1. The summed E-state index contributed by atoms with van der Waals surface area (Å²) in [6.07, 6.45) is -0.413. The largest absolute Gasteiger partial charge is 0.450 e. The Labute approximate surface area is 76.8 Å². The van der Waals surface area contributed by atoms with Gasteiger partial charge in [0, 0.05) is 5.69 Å². The molecule has 0 aliphatic heterocycles. The molecule has 1 aromatic carbocycles. The Bertz CT molecular complexity index is 248. The summed E-state index contributed by atoms with van der Waals surface area (Å²) in [5.41, 5.74) is 0.746. The van der Waals surface area contributed by atoms with Crippen LogP contribution in [0.1, 0.15) is 6.92 Å². The van der Waals surface area contributed by atoms with Crippen molar-refractivity contribution in [2.45, 2.75) is 6.92 Å². The molecule has 13 heavy (non-hydrogen) atoms. The summed E-state index contributed by atoms with van der Waals surface area (Å²) in [6, 6.07) is 9.19. The first-order valence-electron chi connectivity index (χ1n) is 3.81. The van der Waals surface area contributed by atoms with Crippen molar-refractivity contribution in [2.24, 2.45) is 0 Å². The molecule has 4 nitrogen and oxygen atoms in total. The molecule has 0 aliphatic carbocycles. The lowest BCUT2D eigenvalue weighted by atomic mass is 10.3. The van der Waals surface area contributed by atoms with Crippen LogP contribution in [-0.2, 0) is 4.74 Å². The molecule has 0 bridgehead atoms. The van der Waals surface area contributed by atoms with E-state index in [2.05, 4.69) is 5.32 Å². The van der Waals surface area contributed by atoms with Gasteiger partial charge in [-0.2, -0.15) is 0 Å². The van der Waals surface area contributed by atoms with Crippen LogP contribution in [-0.4, -0.2) is 18.2 Å². The molecular formula is C9H13NO3. The van der Waals surface area contributed by atoms with Crippen molar-refractivity contribution < 1.29 is 15.0 Å². The molecule has 0 heterocycles. The average Bonchev–Trinajstić information content (AvgIpc) is 2.06. The summed E-state index contributed by atoms with van der Waals surface area (Å²) in [5, 5.41) is 2.58. The van der Waals surface area contributed by atoms with Gasteiger partial charge in [0.1, 0.15) is 0 Å². The van der Waals surface area contributed by atoms with Crippen LogP contribution in [0.4, 0.5) is 10.5 Å². The van der Waals surface area contributed by atoms with Crippen molar-refractivity contribution in [1.82, 2.24) is 0 Å². The summed E-state index contributed by atoms with van der Waals surface area (Å²) < 4.78 is 4.70. The van der Waals surface area contributed by atoms with Crippen LogP contribution in [0.25, 0.3) is 0 Å². The van der Waals surface area contributed by atoms with Crippen LogP contribution < -0.4 is 5.32 Å². The van der Waals surface area contributed by atoms with Crippen molar-refractivity contribution in [2.75, 3.05) is 11.9 Å². The third kappa shape index (κ3) is 4.12. The summed E-state index contributed by atoms with van der Waals surface area (Å²) in [6.45, 7) is 2.16. The average molecular weight is 183 g/mol. The molecule has 0 saturated carbocycles. The first kappa shape index (κ1) is 11.4. The van der Waals surface area contributed by atoms with Crippen molar-refractivity contribution >= 4 is 11.8 Å². The molecule has 0 radical (unpaired) electrons. The quantitative estimate of drug-likeness (QED) is 0.753. The highest BCUT2D eigenvalue weighted by Gasteiger charge is 1.98. The van der Waals surface area contributed by atoms with Crippen molar-refractivity contribution in [1.29, 1.82) is 0 Å². The van der Waals surface area contributed by atoms with Gasteiger partial charge in [0.05, 0.1) is 6.61 Å². The molecule has 1 rings (SSSR count). The maximum Gasteiger partial charge on any atom is 0.411 e. The second kappa shape index (κ2) is 6.02. The number of para-hydroxylation sites is 1. The SMILES string of the molecule is CCOC(=O)Nc1ccccc1.O. The summed E-state index contributed by atoms with van der Waals surface area (Å²) in [4.78, 5) is 10.9. The minimum Gasteiger partial charge on any atom is -0.450 e. The van der Waals surface area contributed by atoms with Gasteiger partial charge in [-0.25, -0.2) is 4.79 Å². The Kier molecular flexibility index (Phi) is 5.30. The maximum atomic E-state index is 10.9. The van der Waals surface area contributed by atoms with Gasteiger partial charge in [0.25, 0.3) is 0 Å². The topological polar surface area (TPSA) is 69.8 Å². The predicted octanol–water partition coefficient (Wildman–Crippen LogP) is 1.43. The van der Waals surface area contributed by atoms with Crippen LogP contribution in [0.5, 0.6) is 0 Å². The van der Waals surface area contributed by atoms with Crippen LogP contribution in [0, 0.1) is 0 Å². The van der Waals surface area contributed by atoms with E-state index >= 15 is 0 Å². The van der Waals surface area contributed by atoms with Gasteiger partial charge in [-0.3, -0.25) is 5.32 Å². The van der Waals surface area contributed by atoms with E-state index in [1.54, 1.807) is 19.1 Å². The highest BCUT2D eigenvalue weighted by atomic mass is 16.5. The first-order valence-corrected chi connectivity index (χ1v) is 3.81. The monoisotopic (exact) mass is 183 g/mol. The van der Waals surface area contributed by atoms with Gasteiger partial charge in [-0.1, -0.05) is 18.2 Å². The smallest absolute Gasteiger partial charge is 0.411 e. The van der Waals surface area contributed by atoms with Crippen LogP contribution >= 0.6 is 0 Å². The Morgan fingerprint density at radius 2 is 2.00 bits per heavy atom. The molecule has 3 N–H and O–H groups in total. The summed E-state index contributed by atoms with van der Waals surface area (Å²) in [5.74, 6) is 0. The lowest BCUT2D eigenvalue weighted by Crippen LogP contribution is -2.12. The minimum atomic E-state index is -0.413. The molecule has 1 aromatic rings. The standard InChI is InChI=1S/C9H11NO2.H2O/c1-2-12-9(11)10-8-6-4-3-5-7-8;/h3-7H,2H2,1H3,(H,10,11);1H2. The molecule has 0 saturated heterocycles. The Morgan fingerprint density at radius 1 is 1.38 bits per heavy atom. The zero-order valence-corrected chi connectivity index (χ0v) is 7.41. The van der Waals surface area contributed by atoms with Gasteiger partial charge in [-0.15, -0.1) is 0 Å². The number of amides is 1. The van der Waals surface area contributed by atoms with E-state index in [4.69, 9.17) is 4.74 Å². The number of hydrogen-bond acceptors (Lipinski definition) is 2. The zero-order valence-electron chi connectivity index (χ0n) is 7.41. The molecule has 0 atom stereocenters. The van der Waals surface area contributed by atoms with Crippen molar-refractivity contribution in [3.63, 3.8) is 0 Å². The Hall–Kier alpha value is -1.55. The number of ether oxygens (including phenoxy) is 1. The highest BCUT2D eigenvalue weighted by molar-refractivity contribution is 5.84. The van der Waals surface area contributed by atoms with Gasteiger partial charge >= 0.3 is 6.09 Å². The third-order valence-corrected chi connectivity index (χ3v) is 1.30. The van der Waals surface area contributed by atoms with E-state index in [1.807, 2.05) is 18.2 Å². The van der Waals surface area contributed by atoms with Gasteiger partial charge in [-0.05, 0) is 19.1 Å². The van der Waals surface area contributed by atoms with E-state index in [1.165, 1.54) is 0 Å². The van der Waals surface area contributed by atoms with E-state index < -0.39 is 6.09 Å². The molecule has 0 fully saturated rings.